The van der Waals surface area contributed by atoms with Gasteiger partial charge in [0.15, 0.2) is 5.13 Å². The van der Waals surface area contributed by atoms with Crippen LogP contribution in [0.1, 0.15) is 10.4 Å². The molecule has 0 saturated carbocycles. The summed E-state index contributed by atoms with van der Waals surface area (Å²) in [5.74, 6) is -3.05. The highest BCUT2D eigenvalue weighted by Crippen LogP contribution is 2.33. The fourth-order valence-corrected chi connectivity index (χ4v) is 2.99. The van der Waals surface area contributed by atoms with E-state index in [1.165, 1.54) is 6.07 Å². The Bertz CT molecular complexity index is 897. The Kier molecular flexibility index (Phi) is 3.76. The van der Waals surface area contributed by atoms with Gasteiger partial charge in [0.1, 0.15) is 17.5 Å². The molecule has 3 nitrogen and oxygen atoms in total. The number of halogens is 4. The number of hydrogen-bond acceptors (Lipinski definition) is 3. The molecule has 0 saturated heterocycles. The zero-order chi connectivity index (χ0) is 15.9. The van der Waals surface area contributed by atoms with Crippen LogP contribution in [0, 0.1) is 17.5 Å². The van der Waals surface area contributed by atoms with Crippen molar-refractivity contribution in [2.24, 2.45) is 0 Å². The molecule has 2 aromatic carbocycles. The van der Waals surface area contributed by atoms with Crippen LogP contribution in [0.2, 0.25) is 5.02 Å². The van der Waals surface area contributed by atoms with Gasteiger partial charge in [-0.05, 0) is 30.3 Å². The van der Waals surface area contributed by atoms with Gasteiger partial charge in [-0.25, -0.2) is 18.2 Å². The molecular formula is C14H6ClF3N2OS. The van der Waals surface area contributed by atoms with Gasteiger partial charge >= 0.3 is 0 Å². The van der Waals surface area contributed by atoms with E-state index in [2.05, 4.69) is 10.3 Å². The van der Waals surface area contributed by atoms with Crippen molar-refractivity contribution in [1.29, 1.82) is 0 Å². The number of aromatic nitrogens is 1. The molecule has 0 spiro atoms. The van der Waals surface area contributed by atoms with Gasteiger partial charge in [0.05, 0.1) is 20.8 Å². The molecule has 0 fully saturated rings. The Morgan fingerprint density at radius 3 is 2.64 bits per heavy atom. The first-order valence-corrected chi connectivity index (χ1v) is 7.16. The summed E-state index contributed by atoms with van der Waals surface area (Å²) in [7, 11) is 0. The number of rotatable bonds is 2. The first-order chi connectivity index (χ1) is 10.5. The van der Waals surface area contributed by atoms with Crippen molar-refractivity contribution in [2.45, 2.75) is 0 Å². The number of nitrogens with one attached hydrogen (secondary N) is 1. The molecule has 1 N–H and O–H groups in total. The minimum Gasteiger partial charge on any atom is -0.298 e. The lowest BCUT2D eigenvalue weighted by atomic mass is 10.2. The standard InChI is InChI=1S/C14H6ClF3N2OS/c15-11-9(18)3-4-10-12(11)22-14(19-10)20-13(21)7-5-6(16)1-2-8(7)17/h1-5H,(H,19,20,21). The molecular weight excluding hydrogens is 337 g/mol. The summed E-state index contributed by atoms with van der Waals surface area (Å²) < 4.78 is 40.3. The molecule has 22 heavy (non-hydrogen) atoms. The lowest BCUT2D eigenvalue weighted by Gasteiger charge is -2.02. The molecule has 0 aliphatic carbocycles. The maximum absolute atomic E-state index is 13.5. The lowest BCUT2D eigenvalue weighted by Crippen LogP contribution is -2.13. The van der Waals surface area contributed by atoms with Gasteiger partial charge in [-0.2, -0.15) is 0 Å². The number of anilines is 1. The van der Waals surface area contributed by atoms with Gasteiger partial charge in [0, 0.05) is 0 Å². The highest BCUT2D eigenvalue weighted by Gasteiger charge is 2.16. The number of carbonyl (C=O) groups is 1. The van der Waals surface area contributed by atoms with Gasteiger partial charge in [-0.1, -0.05) is 22.9 Å². The quantitative estimate of drug-likeness (QED) is 0.738. The van der Waals surface area contributed by atoms with Crippen molar-refractivity contribution < 1.29 is 18.0 Å². The third kappa shape index (κ3) is 2.65. The maximum atomic E-state index is 13.5. The average Bonchev–Trinajstić information content (AvgIpc) is 2.89. The topological polar surface area (TPSA) is 42.0 Å². The predicted molar refractivity (Wildman–Crippen MR) is 78.9 cm³/mol. The number of benzene rings is 2. The number of carbonyl (C=O) groups excluding carboxylic acids is 1. The van der Waals surface area contributed by atoms with E-state index in [4.69, 9.17) is 11.6 Å². The highest BCUT2D eigenvalue weighted by molar-refractivity contribution is 7.23. The van der Waals surface area contributed by atoms with Gasteiger partial charge in [0.25, 0.3) is 5.91 Å². The molecule has 0 unspecified atom stereocenters. The van der Waals surface area contributed by atoms with Crippen molar-refractivity contribution >= 4 is 44.2 Å². The smallest absolute Gasteiger partial charge is 0.260 e. The van der Waals surface area contributed by atoms with Crippen LogP contribution in [0.5, 0.6) is 0 Å². The number of fused-ring (bicyclic) bond motifs is 1. The molecule has 0 bridgehead atoms. The van der Waals surface area contributed by atoms with E-state index in [9.17, 15) is 18.0 Å². The zero-order valence-electron chi connectivity index (χ0n) is 10.7. The summed E-state index contributed by atoms with van der Waals surface area (Å²) in [6.07, 6.45) is 0. The van der Waals surface area contributed by atoms with Gasteiger partial charge in [0.2, 0.25) is 0 Å². The molecule has 0 aliphatic rings. The summed E-state index contributed by atoms with van der Waals surface area (Å²) in [6.45, 7) is 0. The third-order valence-electron chi connectivity index (χ3n) is 2.84. The fourth-order valence-electron chi connectivity index (χ4n) is 1.83. The molecule has 8 heteroatoms. The van der Waals surface area contributed by atoms with E-state index in [-0.39, 0.29) is 10.2 Å². The normalized spacial score (nSPS) is 10.9. The Morgan fingerprint density at radius 1 is 1.14 bits per heavy atom. The van der Waals surface area contributed by atoms with Crippen molar-refractivity contribution in [3.63, 3.8) is 0 Å². The minimum atomic E-state index is -0.857. The van der Waals surface area contributed by atoms with Crippen LogP contribution in [-0.4, -0.2) is 10.9 Å². The van der Waals surface area contributed by atoms with Gasteiger partial charge in [-0.3, -0.25) is 10.1 Å². The third-order valence-corrected chi connectivity index (χ3v) is 4.33. The Labute approximate surface area is 131 Å². The second-order valence-corrected chi connectivity index (χ2v) is 5.68. The van der Waals surface area contributed by atoms with Crippen LogP contribution in [0.25, 0.3) is 10.2 Å². The van der Waals surface area contributed by atoms with Crippen LogP contribution >= 0.6 is 22.9 Å². The maximum Gasteiger partial charge on any atom is 0.260 e. The second-order valence-electron chi connectivity index (χ2n) is 4.31. The molecule has 0 radical (unpaired) electrons. The summed E-state index contributed by atoms with van der Waals surface area (Å²) in [5.41, 5.74) is -0.0528. The molecule has 112 valence electrons. The fraction of sp³-hybridized carbons (Fsp3) is 0. The summed E-state index contributed by atoms with van der Waals surface area (Å²) in [6, 6.07) is 5.11. The Balaban J connectivity index is 1.94. The number of hydrogen-bond donors (Lipinski definition) is 1. The number of thiazole rings is 1. The zero-order valence-corrected chi connectivity index (χ0v) is 12.2. The van der Waals surface area contributed by atoms with Crippen LogP contribution in [0.15, 0.2) is 30.3 Å². The Hall–Kier alpha value is -2.12. The van der Waals surface area contributed by atoms with Crippen LogP contribution in [-0.2, 0) is 0 Å². The number of nitrogens with zero attached hydrogens (tertiary/aromatic N) is 1. The highest BCUT2D eigenvalue weighted by atomic mass is 35.5. The van der Waals surface area contributed by atoms with E-state index in [1.54, 1.807) is 0 Å². The molecule has 0 aliphatic heterocycles. The van der Waals surface area contributed by atoms with Crippen molar-refractivity contribution in [1.82, 2.24) is 4.98 Å². The largest absolute Gasteiger partial charge is 0.298 e. The molecule has 0 atom stereocenters. The van der Waals surface area contributed by atoms with E-state index in [0.717, 1.165) is 35.6 Å². The Morgan fingerprint density at radius 2 is 1.86 bits per heavy atom. The van der Waals surface area contributed by atoms with Gasteiger partial charge < -0.3 is 0 Å². The second kappa shape index (κ2) is 5.58. The summed E-state index contributed by atoms with van der Waals surface area (Å²) in [4.78, 5) is 16.0. The SMILES string of the molecule is O=C(Nc1nc2ccc(F)c(Cl)c2s1)c1cc(F)ccc1F. The molecule has 3 rings (SSSR count). The minimum absolute atomic E-state index is 0.104. The van der Waals surface area contributed by atoms with E-state index in [1.807, 2.05) is 0 Å². The molecule has 1 heterocycles. The number of amides is 1. The molecule has 1 aromatic heterocycles. The van der Waals surface area contributed by atoms with Crippen LogP contribution < -0.4 is 5.32 Å². The van der Waals surface area contributed by atoms with Crippen molar-refractivity contribution in [2.75, 3.05) is 5.32 Å². The van der Waals surface area contributed by atoms with Crippen LogP contribution in [0.3, 0.4) is 0 Å². The average molecular weight is 343 g/mol. The monoisotopic (exact) mass is 342 g/mol. The summed E-state index contributed by atoms with van der Waals surface area (Å²) >= 11 is 6.75. The van der Waals surface area contributed by atoms with Crippen LogP contribution in [0.4, 0.5) is 18.3 Å². The van der Waals surface area contributed by atoms with E-state index in [0.29, 0.717) is 10.2 Å². The van der Waals surface area contributed by atoms with Crippen molar-refractivity contribution in [3.05, 3.63) is 58.4 Å². The lowest BCUT2D eigenvalue weighted by molar-refractivity contribution is 0.102. The molecule has 3 aromatic rings. The van der Waals surface area contributed by atoms with E-state index >= 15 is 0 Å². The predicted octanol–water partition coefficient (Wildman–Crippen LogP) is 4.62. The van der Waals surface area contributed by atoms with Gasteiger partial charge in [-0.15, -0.1) is 0 Å². The molecule has 1 amide bonds. The first-order valence-electron chi connectivity index (χ1n) is 5.96. The first kappa shape index (κ1) is 14.8. The van der Waals surface area contributed by atoms with Crippen molar-refractivity contribution in [3.8, 4) is 0 Å². The summed E-state index contributed by atoms with van der Waals surface area (Å²) in [5, 5.41) is 2.35. The van der Waals surface area contributed by atoms with E-state index < -0.39 is 28.9 Å².